The van der Waals surface area contributed by atoms with Crippen molar-refractivity contribution in [1.82, 2.24) is 84.2 Å². The van der Waals surface area contributed by atoms with Crippen molar-refractivity contribution in [2.75, 3.05) is 49.2 Å². The molecule has 18 atom stereocenters. The van der Waals surface area contributed by atoms with E-state index in [-0.39, 0.29) is 112 Å². The number of alkyl halides is 3. The molecular formula is C88H133F3N24O26S4. The predicted octanol–water partition coefficient (Wildman–Crippen LogP) is -6.58. The molecule has 806 valence electrons. The summed E-state index contributed by atoms with van der Waals surface area (Å²) in [6.07, 6.45) is -10.00. The molecule has 0 radical (unpaired) electrons. The molecule has 3 fully saturated rings. The maximum atomic E-state index is 15.6. The molecule has 145 heavy (non-hydrogen) atoms. The number of nitrogens with one attached hydrogen (secondary N) is 14. The van der Waals surface area contributed by atoms with Crippen LogP contribution in [0.3, 0.4) is 0 Å². The summed E-state index contributed by atoms with van der Waals surface area (Å²) in [6.45, 7) is 11.6. The molecule has 2 aromatic carbocycles. The highest BCUT2D eigenvalue weighted by molar-refractivity contribution is 8.77. The van der Waals surface area contributed by atoms with Crippen LogP contribution in [0, 0.1) is 23.7 Å². The highest BCUT2D eigenvalue weighted by atomic mass is 33.1. The Hall–Kier alpha value is -13.0. The van der Waals surface area contributed by atoms with Gasteiger partial charge in [-0.3, -0.25) is 105 Å². The summed E-state index contributed by atoms with van der Waals surface area (Å²) >= 11 is 0. The Morgan fingerprint density at radius 2 is 0.710 bits per heavy atom. The van der Waals surface area contributed by atoms with Crippen LogP contribution in [0.25, 0.3) is 0 Å². The van der Waals surface area contributed by atoms with Gasteiger partial charge in [-0.05, 0) is 110 Å². The minimum Gasteiger partial charge on any atom is -0.508 e. The number of benzene rings is 2. The van der Waals surface area contributed by atoms with Crippen LogP contribution < -0.4 is 120 Å². The molecule has 0 unspecified atom stereocenters. The van der Waals surface area contributed by atoms with Gasteiger partial charge in [-0.2, -0.15) is 13.2 Å². The van der Waals surface area contributed by atoms with Gasteiger partial charge in [0.25, 0.3) is 0 Å². The molecular weight excluding hydrogens is 1990 g/mol. The lowest BCUT2D eigenvalue weighted by atomic mass is 9.96. The summed E-state index contributed by atoms with van der Waals surface area (Å²) in [4.78, 5) is 322. The number of carboxylic acid groups (broad SMARTS) is 1. The Morgan fingerprint density at radius 1 is 0.414 bits per heavy atom. The number of halogens is 3. The number of phenols is 2. The van der Waals surface area contributed by atoms with Gasteiger partial charge >= 0.3 is 12.1 Å². The lowest BCUT2D eigenvalue weighted by molar-refractivity contribution is -0.192. The molecule has 0 spiro atoms. The van der Waals surface area contributed by atoms with E-state index < -0.39 is 314 Å². The minimum atomic E-state index is -5.08. The van der Waals surface area contributed by atoms with E-state index in [9.17, 15) is 110 Å². The van der Waals surface area contributed by atoms with E-state index in [1.54, 1.807) is 55.4 Å². The minimum absolute atomic E-state index is 0.000499. The van der Waals surface area contributed by atoms with E-state index in [1.165, 1.54) is 48.5 Å². The number of likely N-dealkylation sites (tertiary alicyclic amines) is 2. The molecule has 2 aromatic rings. The number of aromatic hydroxyl groups is 2. The molecule has 0 aromatic heterocycles. The second kappa shape index (κ2) is 61.3. The molecule has 57 heteroatoms. The number of hydrogen-bond acceptors (Lipinski definition) is 31. The average Bonchev–Trinajstić information content (AvgIpc) is 1.71. The van der Waals surface area contributed by atoms with Crippen molar-refractivity contribution in [3.05, 3.63) is 59.7 Å². The lowest BCUT2D eigenvalue weighted by Gasteiger charge is -2.32. The molecule has 0 aliphatic carbocycles. The van der Waals surface area contributed by atoms with Crippen LogP contribution in [-0.2, 0) is 123 Å². The first kappa shape index (κ1) is 124. The van der Waals surface area contributed by atoms with Gasteiger partial charge in [-0.25, -0.2) is 4.79 Å². The van der Waals surface area contributed by atoms with Crippen LogP contribution in [0.2, 0.25) is 0 Å². The topological polar surface area (TPSA) is 836 Å². The molecule has 5 rings (SSSR count). The zero-order valence-corrected chi connectivity index (χ0v) is 84.4. The van der Waals surface area contributed by atoms with Crippen molar-refractivity contribution in [2.45, 2.75) is 261 Å². The Bertz CT molecular complexity index is 4620. The van der Waals surface area contributed by atoms with Crippen molar-refractivity contribution in [1.29, 1.82) is 0 Å². The molecule has 3 heterocycles. The van der Waals surface area contributed by atoms with Gasteiger partial charge in [-0.15, -0.1) is 0 Å². The SMILES string of the molecule is CC[C@H](C)[C@@H]1NC(=O)[C@H](Cc2ccc(O)cc2)NC(=O)[C@@H](N)CSSC[C@H](N)C(=O)N[C@@H](Cc2ccc(O)cc2)C(=O)N[C@@H]([C@@H](C)CC)C(=O)N[C@@H](CCC(N)=O)C(=O)N[C@@H](CC(N)=O)C(=O)N[C@H](C(=O)N2CCC[C@H]2C(=O)N[C@@H](CC(C)C)C(=O)NCC(N)=O)CSSC[C@@H](C(=O)N2CCC[C@H]2C(=O)N[C@@H](CC(C)C)C(=O)NCC(N)=O)NC(=O)[C@H](CC(N)=O)NC(=O)[C@H](CCC(N)=O)NC1=O.O=C(O)C(F)(F)F. The van der Waals surface area contributed by atoms with Crippen molar-refractivity contribution in [3.63, 3.8) is 0 Å². The van der Waals surface area contributed by atoms with Gasteiger partial charge in [0.05, 0.1) is 38.0 Å². The van der Waals surface area contributed by atoms with Gasteiger partial charge in [-0.1, -0.05) is 136 Å². The fraction of sp³-hybridized carbons (Fsp3) is 0.602. The van der Waals surface area contributed by atoms with Crippen molar-refractivity contribution < 1.29 is 139 Å². The van der Waals surface area contributed by atoms with E-state index in [1.807, 2.05) is 0 Å². The Morgan fingerprint density at radius 3 is 1.00 bits per heavy atom. The number of hydrogen-bond donors (Lipinski definition) is 25. The third-order valence-corrected chi connectivity index (χ3v) is 27.7. The van der Waals surface area contributed by atoms with Crippen molar-refractivity contribution in [2.24, 2.45) is 69.5 Å². The number of phenolic OH excluding ortho intramolecular Hbond substituents is 2. The van der Waals surface area contributed by atoms with Crippen LogP contribution in [0.4, 0.5) is 13.2 Å². The number of rotatable bonds is 34. The third kappa shape index (κ3) is 43.8. The van der Waals surface area contributed by atoms with Crippen LogP contribution in [0.5, 0.6) is 11.5 Å². The quantitative estimate of drug-likeness (QED) is 0.0290. The van der Waals surface area contributed by atoms with E-state index in [0.717, 1.165) is 31.4 Å². The van der Waals surface area contributed by atoms with Crippen LogP contribution >= 0.6 is 43.2 Å². The molecule has 22 amide bonds. The number of amides is 22. The van der Waals surface area contributed by atoms with Gasteiger partial charge in [0, 0.05) is 61.8 Å². The normalized spacial score (nSPS) is 23.7. The second-order valence-electron chi connectivity index (χ2n) is 35.6. The summed E-state index contributed by atoms with van der Waals surface area (Å²) in [7, 11) is 3.31. The molecule has 0 bridgehead atoms. The fourth-order valence-corrected chi connectivity index (χ4v) is 19.2. The largest absolute Gasteiger partial charge is 0.508 e. The predicted molar refractivity (Wildman–Crippen MR) is 522 cm³/mol. The van der Waals surface area contributed by atoms with E-state index in [0.29, 0.717) is 32.7 Å². The first-order valence-corrected chi connectivity index (χ1v) is 51.3. The van der Waals surface area contributed by atoms with Crippen LogP contribution in [0.15, 0.2) is 48.5 Å². The number of aliphatic carboxylic acids is 1. The van der Waals surface area contributed by atoms with Crippen LogP contribution in [-0.4, -0.2) is 313 Å². The fourth-order valence-electron chi connectivity index (χ4n) is 14.7. The lowest BCUT2D eigenvalue weighted by Crippen LogP contribution is -2.61. The van der Waals surface area contributed by atoms with Crippen LogP contribution in [0.1, 0.15) is 156 Å². The summed E-state index contributed by atoms with van der Waals surface area (Å²) in [5.41, 5.74) is 47.0. The summed E-state index contributed by atoms with van der Waals surface area (Å²) < 4.78 is 31.7. The molecule has 50 nitrogen and oxygen atoms in total. The molecule has 33 N–H and O–H groups in total. The maximum absolute atomic E-state index is 15.6. The van der Waals surface area contributed by atoms with E-state index in [2.05, 4.69) is 74.4 Å². The Balaban J connectivity index is 0.00000602. The number of primary amides is 6. The van der Waals surface area contributed by atoms with E-state index in [4.69, 9.17) is 55.8 Å². The van der Waals surface area contributed by atoms with E-state index >= 15 is 19.2 Å². The summed E-state index contributed by atoms with van der Waals surface area (Å²) in [5, 5.41) is 62.7. The van der Waals surface area contributed by atoms with Crippen molar-refractivity contribution >= 4 is 179 Å². The summed E-state index contributed by atoms with van der Waals surface area (Å²) in [5.74, 6) is -30.2. The first-order valence-electron chi connectivity index (χ1n) is 46.3. The van der Waals surface area contributed by atoms with Gasteiger partial charge in [0.1, 0.15) is 96.1 Å². The number of carboxylic acids is 1. The van der Waals surface area contributed by atoms with Gasteiger partial charge in [0.2, 0.25) is 130 Å². The van der Waals surface area contributed by atoms with Crippen molar-refractivity contribution in [3.8, 4) is 11.5 Å². The molecule has 0 saturated carbocycles. The zero-order valence-electron chi connectivity index (χ0n) is 81.1. The monoisotopic (exact) mass is 2130 g/mol. The molecule has 3 saturated heterocycles. The highest BCUT2D eigenvalue weighted by Gasteiger charge is 2.46. The smallest absolute Gasteiger partial charge is 0.490 e. The summed E-state index contributed by atoms with van der Waals surface area (Å²) in [6, 6.07) is -15.5. The van der Waals surface area contributed by atoms with Gasteiger partial charge < -0.3 is 145 Å². The zero-order chi connectivity index (χ0) is 109. The number of carbonyl (C=O) groups is 23. The molecule has 3 aliphatic heterocycles. The van der Waals surface area contributed by atoms with Gasteiger partial charge in [0.15, 0.2) is 0 Å². The average molecular weight is 2130 g/mol. The first-order chi connectivity index (χ1) is 67.9. The number of nitrogens with two attached hydrogens (primary N) is 8. The Labute approximate surface area is 848 Å². The molecule has 3 aliphatic rings. The number of nitrogens with zero attached hydrogens (tertiary/aromatic N) is 2. The second-order valence-corrected chi connectivity index (χ2v) is 40.7. The highest BCUT2D eigenvalue weighted by Crippen LogP contribution is 2.30. The number of carbonyl (C=O) groups excluding carboxylic acids is 22. The maximum Gasteiger partial charge on any atom is 0.490 e. The standard InChI is InChI=1S/C86H132N24O24S4.C2HF3O2/c1-9-43(7)69-83(131)97-51(23-25-63(89)113)75(123)101-57(33-65(91)115)77(125)105-59(85(133)109-27-11-13-61(109)81(129)103-53(29-41(3)4)73(121)95-35-67(93)117)39-137-138-40-60(86(134)110-28-12-14-62(110)82(130)104-54(30-42(5)6)74(122)96-36-68(94)118)106-78(126)58(34-66(92)116)102-76(124)52(24-26-64(90)114)98-84(132)70(44(8)10-2)108-80(128)56(32-46-17-21-48(112)22-18-46)100-72(120)50(88)38-136-135-37-49(87)71(119)99-55(79(127)107-69)31-45-15-19-47(111)20-16-45;3-2(4,5)1(6)7/h15-22,41-44,49-62,69-70,111-112H,9-14,23-40,87-88H2,1-8H3,(H2,89,113)(H2,90,114)(H2,91,115)(H2,92,116)(H2,93,117)(H2,94,118)(H,95,121)(H,96,122)(H,97,131)(H,98,132)(H,99,119)(H,100,120)(H,101,123)(H,102,124)(H,103,129)(H,104,130)(H,105,125)(H,106,126)(H,107,127)(H,108,128);(H,6,7)/t43-,44-,49-,50-,51-,52-,53-,54-,55-,56-,57-,58-,59-,60-,61-,62-,69-,70-;/m0./s1. The Kier molecular flexibility index (Phi) is 52.5. The third-order valence-electron chi connectivity index (χ3n) is 22.8.